The Balaban J connectivity index is 1.97. The summed E-state index contributed by atoms with van der Waals surface area (Å²) in [5.41, 5.74) is 9.43. The monoisotopic (exact) mass is 289 g/mol. The zero-order valence-electron chi connectivity index (χ0n) is 12.5. The molecule has 2 amide bonds. The second kappa shape index (κ2) is 7.75. The number of carbonyl (C=O) groups is 1. The van der Waals surface area contributed by atoms with Gasteiger partial charge < -0.3 is 10.6 Å². The van der Waals surface area contributed by atoms with Gasteiger partial charge >= 0.3 is 6.03 Å². The average Bonchev–Trinajstić information content (AvgIpc) is 2.49. The van der Waals surface area contributed by atoms with Gasteiger partial charge in [0.15, 0.2) is 0 Å². The van der Waals surface area contributed by atoms with E-state index >= 15 is 0 Å². The summed E-state index contributed by atoms with van der Waals surface area (Å²) in [6.45, 7) is 8.63. The normalized spacial score (nSPS) is 17.2. The first-order valence-corrected chi connectivity index (χ1v) is 7.30. The molecule has 0 bridgehead atoms. The minimum absolute atomic E-state index is 0.653. The Morgan fingerprint density at radius 2 is 1.95 bits per heavy atom. The summed E-state index contributed by atoms with van der Waals surface area (Å²) in [7, 11) is 0. The zero-order valence-corrected chi connectivity index (χ0v) is 12.5. The lowest BCUT2D eigenvalue weighted by atomic mass is 10.1. The number of nitrogens with one attached hydrogen (secondary N) is 1. The van der Waals surface area contributed by atoms with E-state index in [0.29, 0.717) is 0 Å². The van der Waals surface area contributed by atoms with Gasteiger partial charge in [-0.05, 0) is 17.7 Å². The first kappa shape index (κ1) is 15.5. The molecule has 0 aliphatic carbocycles. The molecule has 1 saturated heterocycles. The molecule has 0 unspecified atom stereocenters. The van der Waals surface area contributed by atoms with Crippen LogP contribution in [0.5, 0.6) is 0 Å². The molecule has 1 aromatic carbocycles. The van der Waals surface area contributed by atoms with Gasteiger partial charge in [-0.15, -0.1) is 0 Å². The predicted octanol–water partition coefficient (Wildman–Crippen LogP) is 0.826. The van der Waals surface area contributed by atoms with Gasteiger partial charge in [0, 0.05) is 32.7 Å². The summed E-state index contributed by atoms with van der Waals surface area (Å²) in [5, 5.41) is 3.84. The highest BCUT2D eigenvalue weighted by Gasteiger charge is 2.16. The maximum absolute atomic E-state index is 10.6. The van der Waals surface area contributed by atoms with Gasteiger partial charge in [0.1, 0.15) is 0 Å². The van der Waals surface area contributed by atoms with Crippen LogP contribution in [0.25, 0.3) is 0 Å². The number of primary amides is 1. The van der Waals surface area contributed by atoms with Crippen molar-refractivity contribution < 1.29 is 4.79 Å². The number of hydrazone groups is 1. The Hall–Kier alpha value is -1.92. The lowest BCUT2D eigenvalue weighted by molar-refractivity contribution is 0.132. The molecule has 1 fully saturated rings. The quantitative estimate of drug-likeness (QED) is 0.623. The van der Waals surface area contributed by atoms with E-state index in [9.17, 15) is 4.79 Å². The molecular weight excluding hydrogens is 266 g/mol. The van der Waals surface area contributed by atoms with Crippen LogP contribution in [0.15, 0.2) is 29.4 Å². The Bertz CT molecular complexity index is 495. The molecule has 3 N–H and O–H groups in total. The van der Waals surface area contributed by atoms with E-state index in [1.165, 1.54) is 5.56 Å². The van der Waals surface area contributed by atoms with Gasteiger partial charge in [0.05, 0.1) is 6.21 Å². The van der Waals surface area contributed by atoms with Crippen LogP contribution in [0.3, 0.4) is 0 Å². The van der Waals surface area contributed by atoms with E-state index in [4.69, 9.17) is 5.73 Å². The van der Waals surface area contributed by atoms with Gasteiger partial charge in [0.2, 0.25) is 0 Å². The SMILES string of the molecule is CCN1CCN(Cc2ccccc2C=NNC(N)=O)CC1. The number of rotatable bonds is 5. The number of carbonyl (C=O) groups excluding carboxylic acids is 1. The van der Waals surface area contributed by atoms with Crippen LogP contribution >= 0.6 is 0 Å². The molecule has 114 valence electrons. The van der Waals surface area contributed by atoms with Crippen LogP contribution in [0.1, 0.15) is 18.1 Å². The minimum Gasteiger partial charge on any atom is -0.350 e. The summed E-state index contributed by atoms with van der Waals surface area (Å²) < 4.78 is 0. The first-order valence-electron chi connectivity index (χ1n) is 7.30. The molecule has 0 atom stereocenters. The third kappa shape index (κ3) is 4.84. The molecule has 6 nitrogen and oxygen atoms in total. The second-order valence-electron chi connectivity index (χ2n) is 5.14. The Kier molecular flexibility index (Phi) is 5.71. The van der Waals surface area contributed by atoms with Crippen LogP contribution in [-0.4, -0.2) is 54.8 Å². The molecule has 1 aromatic rings. The van der Waals surface area contributed by atoms with Crippen molar-refractivity contribution in [2.24, 2.45) is 10.8 Å². The number of piperazine rings is 1. The van der Waals surface area contributed by atoms with Gasteiger partial charge in [-0.25, -0.2) is 10.2 Å². The van der Waals surface area contributed by atoms with Crippen LogP contribution < -0.4 is 11.2 Å². The first-order chi connectivity index (χ1) is 10.2. The number of hydrogen-bond acceptors (Lipinski definition) is 4. The van der Waals surface area contributed by atoms with E-state index in [1.54, 1.807) is 6.21 Å². The third-order valence-corrected chi connectivity index (χ3v) is 3.74. The number of amides is 2. The fourth-order valence-corrected chi connectivity index (χ4v) is 2.47. The van der Waals surface area contributed by atoms with Crippen LogP contribution in [0.4, 0.5) is 4.79 Å². The lowest BCUT2D eigenvalue weighted by Crippen LogP contribution is -2.45. The van der Waals surface area contributed by atoms with Crippen molar-refractivity contribution >= 4 is 12.2 Å². The summed E-state index contributed by atoms with van der Waals surface area (Å²) in [6, 6.07) is 7.42. The zero-order chi connectivity index (χ0) is 15.1. The Morgan fingerprint density at radius 1 is 1.29 bits per heavy atom. The Labute approximate surface area is 125 Å². The molecule has 1 aliphatic heterocycles. The average molecular weight is 289 g/mol. The van der Waals surface area contributed by atoms with Gasteiger partial charge in [-0.3, -0.25) is 4.90 Å². The Morgan fingerprint density at radius 3 is 2.62 bits per heavy atom. The van der Waals surface area contributed by atoms with E-state index in [2.05, 4.69) is 33.3 Å². The van der Waals surface area contributed by atoms with Crippen molar-refractivity contribution in [2.75, 3.05) is 32.7 Å². The fourth-order valence-electron chi connectivity index (χ4n) is 2.47. The van der Waals surface area contributed by atoms with E-state index in [-0.39, 0.29) is 0 Å². The van der Waals surface area contributed by atoms with Crippen LogP contribution in [-0.2, 0) is 6.54 Å². The van der Waals surface area contributed by atoms with Gasteiger partial charge in [-0.1, -0.05) is 31.2 Å². The lowest BCUT2D eigenvalue weighted by Gasteiger charge is -2.34. The van der Waals surface area contributed by atoms with E-state index < -0.39 is 6.03 Å². The third-order valence-electron chi connectivity index (χ3n) is 3.74. The molecule has 2 rings (SSSR count). The highest BCUT2D eigenvalue weighted by atomic mass is 16.2. The van der Waals surface area contributed by atoms with Crippen molar-refractivity contribution in [1.29, 1.82) is 0 Å². The fraction of sp³-hybridized carbons (Fsp3) is 0.467. The number of urea groups is 1. The topological polar surface area (TPSA) is 74.0 Å². The summed E-state index contributed by atoms with van der Waals surface area (Å²) >= 11 is 0. The van der Waals surface area contributed by atoms with E-state index in [0.717, 1.165) is 44.8 Å². The maximum Gasteiger partial charge on any atom is 0.332 e. The van der Waals surface area contributed by atoms with Gasteiger partial charge in [-0.2, -0.15) is 5.10 Å². The minimum atomic E-state index is -0.653. The number of likely N-dealkylation sites (N-methyl/N-ethyl adjacent to an activating group) is 1. The standard InChI is InChI=1S/C15H23N5O/c1-2-19-7-9-20(10-8-19)12-14-6-4-3-5-13(14)11-17-18-15(16)21/h3-6,11H,2,7-10,12H2,1H3,(H3,16,18,21). The predicted molar refractivity (Wildman–Crippen MR) is 84.1 cm³/mol. The highest BCUT2D eigenvalue weighted by Crippen LogP contribution is 2.12. The number of benzene rings is 1. The van der Waals surface area contributed by atoms with Crippen molar-refractivity contribution in [2.45, 2.75) is 13.5 Å². The molecule has 1 heterocycles. The van der Waals surface area contributed by atoms with Crippen molar-refractivity contribution in [1.82, 2.24) is 15.2 Å². The van der Waals surface area contributed by atoms with Crippen LogP contribution in [0, 0.1) is 0 Å². The van der Waals surface area contributed by atoms with Crippen LogP contribution in [0.2, 0.25) is 0 Å². The molecule has 0 spiro atoms. The summed E-state index contributed by atoms with van der Waals surface area (Å²) in [6.07, 6.45) is 1.64. The smallest absolute Gasteiger partial charge is 0.332 e. The number of nitrogens with two attached hydrogens (primary N) is 1. The van der Waals surface area contributed by atoms with Gasteiger partial charge in [0.25, 0.3) is 0 Å². The molecule has 6 heteroatoms. The van der Waals surface area contributed by atoms with E-state index in [1.807, 2.05) is 18.2 Å². The molecular formula is C15H23N5O. The second-order valence-corrected chi connectivity index (χ2v) is 5.14. The molecule has 0 aromatic heterocycles. The van der Waals surface area contributed by atoms with Crippen molar-refractivity contribution in [3.8, 4) is 0 Å². The molecule has 1 aliphatic rings. The molecule has 0 radical (unpaired) electrons. The number of nitrogens with zero attached hydrogens (tertiary/aromatic N) is 3. The molecule has 21 heavy (non-hydrogen) atoms. The molecule has 0 saturated carbocycles. The van der Waals surface area contributed by atoms with Crippen molar-refractivity contribution in [3.05, 3.63) is 35.4 Å². The summed E-state index contributed by atoms with van der Waals surface area (Å²) in [4.78, 5) is 15.5. The highest BCUT2D eigenvalue weighted by molar-refractivity contribution is 5.83. The largest absolute Gasteiger partial charge is 0.350 e. The maximum atomic E-state index is 10.6. The summed E-state index contributed by atoms with van der Waals surface area (Å²) in [5.74, 6) is 0. The number of hydrogen-bond donors (Lipinski definition) is 2. The van der Waals surface area contributed by atoms with Crippen molar-refractivity contribution in [3.63, 3.8) is 0 Å².